The fraction of sp³-hybridized carbons (Fsp3) is 0.316. The molecule has 5 nitrogen and oxygen atoms in total. The molecule has 130 valence electrons. The van der Waals surface area contributed by atoms with Gasteiger partial charge in [0.2, 0.25) is 0 Å². The Morgan fingerprint density at radius 3 is 2.60 bits per heavy atom. The molecule has 3 aromatic rings. The minimum Gasteiger partial charge on any atom is -0.321 e. The van der Waals surface area contributed by atoms with Gasteiger partial charge >= 0.3 is 0 Å². The van der Waals surface area contributed by atoms with Gasteiger partial charge in [0.1, 0.15) is 4.83 Å². The Balaban J connectivity index is 2.04. The summed E-state index contributed by atoms with van der Waals surface area (Å²) in [6, 6.07) is 7.79. The zero-order valence-electron chi connectivity index (χ0n) is 15.0. The van der Waals surface area contributed by atoms with Gasteiger partial charge in [0, 0.05) is 12.7 Å². The lowest BCUT2D eigenvalue weighted by atomic mass is 9.86. The molecule has 0 unspecified atom stereocenters. The van der Waals surface area contributed by atoms with Gasteiger partial charge in [0.15, 0.2) is 0 Å². The number of nitrogens with one attached hydrogen (secondary N) is 1. The highest BCUT2D eigenvalue weighted by Crippen LogP contribution is 2.31. The van der Waals surface area contributed by atoms with Gasteiger partial charge in [-0.25, -0.2) is 4.98 Å². The molecule has 2 heterocycles. The molecule has 0 radical (unpaired) electrons. The number of thiophene rings is 1. The number of nitrogens with zero attached hydrogens (tertiary/aromatic N) is 2. The largest absolute Gasteiger partial charge is 0.321 e. The van der Waals surface area contributed by atoms with Crippen molar-refractivity contribution in [1.29, 1.82) is 0 Å². The van der Waals surface area contributed by atoms with Crippen LogP contribution < -0.4 is 10.9 Å². The molecule has 0 saturated carbocycles. The normalized spacial score (nSPS) is 11.7. The van der Waals surface area contributed by atoms with Crippen molar-refractivity contribution in [3.63, 3.8) is 0 Å². The fourth-order valence-corrected chi connectivity index (χ4v) is 3.89. The average Bonchev–Trinajstić information content (AvgIpc) is 2.88. The summed E-state index contributed by atoms with van der Waals surface area (Å²) in [4.78, 5) is 30.6. The number of carbonyl (C=O) groups is 1. The molecule has 6 heteroatoms. The molecule has 0 spiro atoms. The van der Waals surface area contributed by atoms with E-state index in [4.69, 9.17) is 0 Å². The maximum atomic E-state index is 12.8. The van der Waals surface area contributed by atoms with E-state index in [1.165, 1.54) is 22.2 Å². The maximum absolute atomic E-state index is 12.8. The van der Waals surface area contributed by atoms with Crippen molar-refractivity contribution in [1.82, 2.24) is 9.55 Å². The van der Waals surface area contributed by atoms with Gasteiger partial charge in [-0.2, -0.15) is 0 Å². The number of aromatic nitrogens is 2. The van der Waals surface area contributed by atoms with Crippen LogP contribution in [-0.4, -0.2) is 15.5 Å². The first kappa shape index (κ1) is 17.4. The van der Waals surface area contributed by atoms with Crippen molar-refractivity contribution in [2.24, 2.45) is 7.05 Å². The first-order valence-corrected chi connectivity index (χ1v) is 8.87. The molecule has 0 atom stereocenters. The highest BCUT2D eigenvalue weighted by atomic mass is 32.1. The van der Waals surface area contributed by atoms with E-state index >= 15 is 0 Å². The van der Waals surface area contributed by atoms with Crippen LogP contribution in [-0.2, 0) is 12.5 Å². The Bertz CT molecular complexity index is 1030. The molecule has 1 N–H and O–H groups in total. The number of carbonyl (C=O) groups excluding carboxylic acids is 1. The van der Waals surface area contributed by atoms with Crippen molar-refractivity contribution in [3.8, 4) is 0 Å². The number of hydrogen-bond donors (Lipinski definition) is 1. The van der Waals surface area contributed by atoms with Gasteiger partial charge < -0.3 is 9.88 Å². The van der Waals surface area contributed by atoms with Gasteiger partial charge in [-0.3, -0.25) is 9.59 Å². The van der Waals surface area contributed by atoms with E-state index < -0.39 is 0 Å². The summed E-state index contributed by atoms with van der Waals surface area (Å²) in [5.41, 5.74) is 2.32. The number of rotatable bonds is 2. The maximum Gasteiger partial charge on any atom is 0.266 e. The van der Waals surface area contributed by atoms with Crippen LogP contribution in [0.2, 0.25) is 0 Å². The molecule has 3 rings (SSSR count). The first-order chi connectivity index (χ1) is 11.7. The fourth-order valence-electron chi connectivity index (χ4n) is 2.85. The predicted molar refractivity (Wildman–Crippen MR) is 103 cm³/mol. The Hall–Kier alpha value is -2.47. The van der Waals surface area contributed by atoms with E-state index in [0.29, 0.717) is 20.7 Å². The summed E-state index contributed by atoms with van der Waals surface area (Å²) >= 11 is 1.25. The highest BCUT2D eigenvalue weighted by molar-refractivity contribution is 7.20. The quantitative estimate of drug-likeness (QED) is 0.759. The summed E-state index contributed by atoms with van der Waals surface area (Å²) in [6.07, 6.45) is 1.48. The topological polar surface area (TPSA) is 64.0 Å². The van der Waals surface area contributed by atoms with E-state index in [1.807, 2.05) is 24.3 Å². The van der Waals surface area contributed by atoms with Gasteiger partial charge in [-0.05, 0) is 29.5 Å². The molecule has 0 saturated heterocycles. The number of fused-ring (bicyclic) bond motifs is 1. The predicted octanol–water partition coefficient (Wildman–Crippen LogP) is 3.85. The average molecular weight is 355 g/mol. The summed E-state index contributed by atoms with van der Waals surface area (Å²) in [5, 5.41) is 3.52. The Morgan fingerprint density at radius 2 is 1.92 bits per heavy atom. The number of aryl methyl sites for hydroxylation is 2. The lowest BCUT2D eigenvalue weighted by Gasteiger charge is -2.22. The van der Waals surface area contributed by atoms with E-state index in [9.17, 15) is 9.59 Å². The van der Waals surface area contributed by atoms with Crippen molar-refractivity contribution < 1.29 is 4.79 Å². The van der Waals surface area contributed by atoms with Crippen LogP contribution in [0.25, 0.3) is 10.2 Å². The summed E-state index contributed by atoms with van der Waals surface area (Å²) in [5.74, 6) is -0.209. The third-order valence-electron chi connectivity index (χ3n) is 4.20. The van der Waals surface area contributed by atoms with Gasteiger partial charge in [0.05, 0.1) is 16.6 Å². The second-order valence-electron chi connectivity index (χ2n) is 7.15. The third-order valence-corrected chi connectivity index (χ3v) is 5.40. The smallest absolute Gasteiger partial charge is 0.266 e. The Kier molecular flexibility index (Phi) is 4.24. The first-order valence-electron chi connectivity index (χ1n) is 8.05. The van der Waals surface area contributed by atoms with Crippen molar-refractivity contribution in [3.05, 3.63) is 57.0 Å². The van der Waals surface area contributed by atoms with E-state index in [0.717, 1.165) is 11.3 Å². The molecule has 1 amide bonds. The Labute approximate surface area is 150 Å². The number of amides is 1. The second-order valence-corrected chi connectivity index (χ2v) is 8.15. The number of benzene rings is 1. The monoisotopic (exact) mass is 355 g/mol. The van der Waals surface area contributed by atoms with Crippen molar-refractivity contribution in [2.45, 2.75) is 33.1 Å². The number of anilines is 1. The van der Waals surface area contributed by atoms with Crippen LogP contribution in [0.5, 0.6) is 0 Å². The molecule has 25 heavy (non-hydrogen) atoms. The van der Waals surface area contributed by atoms with Gasteiger partial charge in [0.25, 0.3) is 11.5 Å². The van der Waals surface area contributed by atoms with Crippen molar-refractivity contribution in [2.75, 3.05) is 5.32 Å². The molecule has 0 aliphatic rings. The summed E-state index contributed by atoms with van der Waals surface area (Å²) in [6.45, 7) is 8.12. The zero-order chi connectivity index (χ0) is 18.4. The van der Waals surface area contributed by atoms with E-state index in [1.54, 1.807) is 14.0 Å². The SMILES string of the molecule is Cc1c(C(=O)Nc2ccccc2C(C)(C)C)sc2ncn(C)c(=O)c12. The Morgan fingerprint density at radius 1 is 1.24 bits per heavy atom. The summed E-state index contributed by atoms with van der Waals surface area (Å²) < 4.78 is 1.43. The van der Waals surface area contributed by atoms with Crippen LogP contribution in [0.4, 0.5) is 5.69 Å². The lowest BCUT2D eigenvalue weighted by molar-refractivity contribution is 0.103. The zero-order valence-corrected chi connectivity index (χ0v) is 15.8. The summed E-state index contributed by atoms with van der Waals surface area (Å²) in [7, 11) is 1.66. The minimum absolute atomic E-state index is 0.0867. The minimum atomic E-state index is -0.209. The van der Waals surface area contributed by atoms with Gasteiger partial charge in [-0.15, -0.1) is 11.3 Å². The van der Waals surface area contributed by atoms with Crippen LogP contribution >= 0.6 is 11.3 Å². The molecule has 0 fully saturated rings. The van der Waals surface area contributed by atoms with Crippen LogP contribution in [0.3, 0.4) is 0 Å². The van der Waals surface area contributed by atoms with Crippen LogP contribution in [0.1, 0.15) is 41.6 Å². The molecule has 0 aliphatic carbocycles. The van der Waals surface area contributed by atoms with E-state index in [2.05, 4.69) is 31.1 Å². The lowest BCUT2D eigenvalue weighted by Crippen LogP contribution is -2.19. The molecule has 0 aliphatic heterocycles. The van der Waals surface area contributed by atoms with E-state index in [-0.39, 0.29) is 16.9 Å². The molecule has 1 aromatic carbocycles. The third kappa shape index (κ3) is 3.09. The van der Waals surface area contributed by atoms with Crippen LogP contribution in [0.15, 0.2) is 35.4 Å². The number of hydrogen-bond acceptors (Lipinski definition) is 4. The van der Waals surface area contributed by atoms with Crippen LogP contribution in [0, 0.1) is 6.92 Å². The molecule has 2 aromatic heterocycles. The second kappa shape index (κ2) is 6.11. The molecular weight excluding hydrogens is 334 g/mol. The number of para-hydroxylation sites is 1. The molecular formula is C19H21N3O2S. The van der Waals surface area contributed by atoms with Gasteiger partial charge in [-0.1, -0.05) is 39.0 Å². The molecule has 0 bridgehead atoms. The van der Waals surface area contributed by atoms with Crippen molar-refractivity contribution >= 4 is 33.1 Å². The standard InChI is InChI=1S/C19H21N3O2S/c1-11-14-17(20-10-22(5)18(14)24)25-15(11)16(23)21-13-9-7-6-8-12(13)19(2,3)4/h6-10H,1-5H3,(H,21,23). The highest BCUT2D eigenvalue weighted by Gasteiger charge is 2.22.